The highest BCUT2D eigenvalue weighted by Crippen LogP contribution is 2.25. The number of rotatable bonds is 10. The first-order valence-corrected chi connectivity index (χ1v) is 12.3. The van der Waals surface area contributed by atoms with Gasteiger partial charge in [0.2, 0.25) is 17.7 Å². The Morgan fingerprint density at radius 1 is 0.711 bits per heavy atom. The predicted molar refractivity (Wildman–Crippen MR) is 145 cm³/mol. The predicted octanol–water partition coefficient (Wildman–Crippen LogP) is 3.67. The molecule has 0 aromatic heterocycles. The third kappa shape index (κ3) is 6.85. The molecule has 192 valence electrons. The van der Waals surface area contributed by atoms with Gasteiger partial charge in [-0.15, -0.1) is 0 Å². The van der Waals surface area contributed by atoms with Crippen molar-refractivity contribution in [2.45, 2.75) is 24.9 Å². The van der Waals surface area contributed by atoms with Gasteiger partial charge in [0.05, 0.1) is 5.92 Å². The topological polar surface area (TPSA) is 122 Å². The van der Waals surface area contributed by atoms with E-state index in [1.54, 1.807) is 48.5 Å². The standard InChI is InChI=1S/C31H29N3O4/c32-29(36)25-13-7-8-22(18-25)19-27(30(37)33-20-21-14-16-26(35)17-15-21)34-31(38)28(23-9-3-1-4-10-23)24-11-5-2-6-12-24/h1-18,27-28,35H,19-20H2,(H2,32,36)(H,33,37)(H,34,38). The molecule has 1 atom stereocenters. The molecule has 0 spiro atoms. The van der Waals surface area contributed by atoms with E-state index in [-0.39, 0.29) is 30.5 Å². The zero-order chi connectivity index (χ0) is 26.9. The van der Waals surface area contributed by atoms with E-state index < -0.39 is 17.9 Å². The van der Waals surface area contributed by atoms with Crippen LogP contribution in [-0.4, -0.2) is 28.9 Å². The minimum Gasteiger partial charge on any atom is -0.508 e. The summed E-state index contributed by atoms with van der Waals surface area (Å²) in [6, 6.07) is 31.1. The molecule has 0 aliphatic heterocycles. The Kier molecular flexibility index (Phi) is 8.51. The molecule has 4 aromatic carbocycles. The quantitative estimate of drug-likeness (QED) is 0.262. The average Bonchev–Trinajstić information content (AvgIpc) is 2.93. The Balaban J connectivity index is 1.60. The van der Waals surface area contributed by atoms with Gasteiger partial charge in [-0.1, -0.05) is 84.9 Å². The van der Waals surface area contributed by atoms with Crippen LogP contribution in [0.15, 0.2) is 109 Å². The van der Waals surface area contributed by atoms with Gasteiger partial charge in [0.1, 0.15) is 11.8 Å². The van der Waals surface area contributed by atoms with Crippen molar-refractivity contribution in [3.63, 3.8) is 0 Å². The van der Waals surface area contributed by atoms with E-state index in [0.717, 1.165) is 16.7 Å². The van der Waals surface area contributed by atoms with Gasteiger partial charge in [0, 0.05) is 18.5 Å². The first kappa shape index (κ1) is 26.2. The minimum absolute atomic E-state index is 0.132. The molecule has 0 aliphatic rings. The largest absolute Gasteiger partial charge is 0.508 e. The second-order valence-electron chi connectivity index (χ2n) is 8.97. The Morgan fingerprint density at radius 2 is 1.32 bits per heavy atom. The van der Waals surface area contributed by atoms with Gasteiger partial charge < -0.3 is 21.5 Å². The molecular formula is C31H29N3O4. The first-order valence-electron chi connectivity index (χ1n) is 12.3. The fraction of sp³-hybridized carbons (Fsp3) is 0.129. The SMILES string of the molecule is NC(=O)c1cccc(CC(NC(=O)C(c2ccccc2)c2ccccc2)C(=O)NCc2ccc(O)cc2)c1. The lowest BCUT2D eigenvalue weighted by atomic mass is 9.90. The molecule has 0 saturated heterocycles. The Morgan fingerprint density at radius 3 is 1.89 bits per heavy atom. The van der Waals surface area contributed by atoms with E-state index in [1.165, 1.54) is 0 Å². The highest BCUT2D eigenvalue weighted by atomic mass is 16.3. The van der Waals surface area contributed by atoms with Crippen LogP contribution in [0.25, 0.3) is 0 Å². The maximum Gasteiger partial charge on any atom is 0.248 e. The summed E-state index contributed by atoms with van der Waals surface area (Å²) in [5.74, 6) is -1.76. The van der Waals surface area contributed by atoms with Crippen molar-refractivity contribution in [3.8, 4) is 5.75 Å². The van der Waals surface area contributed by atoms with Crippen LogP contribution in [-0.2, 0) is 22.6 Å². The Bertz CT molecular complexity index is 1350. The number of nitrogens with one attached hydrogen (secondary N) is 2. The smallest absolute Gasteiger partial charge is 0.248 e. The summed E-state index contributed by atoms with van der Waals surface area (Å²) in [5, 5.41) is 15.3. The number of primary amides is 1. The van der Waals surface area contributed by atoms with E-state index in [2.05, 4.69) is 10.6 Å². The van der Waals surface area contributed by atoms with Crippen LogP contribution in [0.2, 0.25) is 0 Å². The van der Waals surface area contributed by atoms with Gasteiger partial charge in [-0.2, -0.15) is 0 Å². The molecule has 0 saturated carbocycles. The summed E-state index contributed by atoms with van der Waals surface area (Å²) >= 11 is 0. The number of amides is 3. The lowest BCUT2D eigenvalue weighted by molar-refractivity contribution is -0.129. The number of hydrogen-bond acceptors (Lipinski definition) is 4. The molecule has 0 heterocycles. The van der Waals surface area contributed by atoms with E-state index >= 15 is 0 Å². The van der Waals surface area contributed by atoms with E-state index in [1.807, 2.05) is 60.7 Å². The van der Waals surface area contributed by atoms with Gasteiger partial charge in [-0.05, 0) is 46.5 Å². The molecule has 7 heteroatoms. The number of nitrogens with two attached hydrogens (primary N) is 1. The summed E-state index contributed by atoms with van der Waals surface area (Å²) < 4.78 is 0. The van der Waals surface area contributed by atoms with Crippen molar-refractivity contribution in [3.05, 3.63) is 137 Å². The molecule has 1 unspecified atom stereocenters. The molecule has 0 radical (unpaired) electrons. The monoisotopic (exact) mass is 507 g/mol. The van der Waals surface area contributed by atoms with Crippen molar-refractivity contribution in [1.82, 2.24) is 10.6 Å². The van der Waals surface area contributed by atoms with Gasteiger partial charge in [-0.3, -0.25) is 14.4 Å². The molecule has 7 nitrogen and oxygen atoms in total. The molecule has 5 N–H and O–H groups in total. The van der Waals surface area contributed by atoms with Crippen LogP contribution in [0.1, 0.15) is 38.5 Å². The highest BCUT2D eigenvalue weighted by Gasteiger charge is 2.28. The molecule has 0 aliphatic carbocycles. The second-order valence-corrected chi connectivity index (χ2v) is 8.97. The maximum absolute atomic E-state index is 13.7. The molecule has 4 aromatic rings. The maximum atomic E-state index is 13.7. The van der Waals surface area contributed by atoms with Crippen LogP contribution < -0.4 is 16.4 Å². The van der Waals surface area contributed by atoms with Crippen molar-refractivity contribution < 1.29 is 19.5 Å². The van der Waals surface area contributed by atoms with Crippen molar-refractivity contribution in [2.75, 3.05) is 0 Å². The highest BCUT2D eigenvalue weighted by molar-refractivity contribution is 5.94. The minimum atomic E-state index is -0.919. The van der Waals surface area contributed by atoms with Gasteiger partial charge in [-0.25, -0.2) is 0 Å². The van der Waals surface area contributed by atoms with E-state index in [4.69, 9.17) is 5.73 Å². The number of hydrogen-bond donors (Lipinski definition) is 4. The zero-order valence-electron chi connectivity index (χ0n) is 20.7. The lowest BCUT2D eigenvalue weighted by Crippen LogP contribution is -2.49. The Labute approximate surface area is 221 Å². The number of carbonyl (C=O) groups excluding carboxylic acids is 3. The van der Waals surface area contributed by atoms with E-state index in [0.29, 0.717) is 11.1 Å². The fourth-order valence-corrected chi connectivity index (χ4v) is 4.26. The Hall–Kier alpha value is -4.91. The van der Waals surface area contributed by atoms with Crippen LogP contribution in [0, 0.1) is 0 Å². The van der Waals surface area contributed by atoms with Crippen molar-refractivity contribution in [2.24, 2.45) is 5.73 Å². The molecule has 3 amide bonds. The van der Waals surface area contributed by atoms with Gasteiger partial charge in [0.15, 0.2) is 0 Å². The van der Waals surface area contributed by atoms with Crippen LogP contribution in [0.4, 0.5) is 0 Å². The van der Waals surface area contributed by atoms with Crippen LogP contribution in [0.3, 0.4) is 0 Å². The first-order chi connectivity index (χ1) is 18.4. The third-order valence-corrected chi connectivity index (χ3v) is 6.22. The second kappa shape index (κ2) is 12.4. The van der Waals surface area contributed by atoms with Crippen molar-refractivity contribution in [1.29, 1.82) is 0 Å². The number of aromatic hydroxyl groups is 1. The van der Waals surface area contributed by atoms with Crippen LogP contribution in [0.5, 0.6) is 5.75 Å². The van der Waals surface area contributed by atoms with Crippen molar-refractivity contribution >= 4 is 17.7 Å². The fourth-order valence-electron chi connectivity index (χ4n) is 4.26. The molecular weight excluding hydrogens is 478 g/mol. The third-order valence-electron chi connectivity index (χ3n) is 6.22. The van der Waals surface area contributed by atoms with E-state index in [9.17, 15) is 19.5 Å². The molecule has 0 fully saturated rings. The molecule has 38 heavy (non-hydrogen) atoms. The average molecular weight is 508 g/mol. The molecule has 0 bridgehead atoms. The number of phenolic OH excluding ortho intramolecular Hbond substituents is 1. The number of carbonyl (C=O) groups is 3. The summed E-state index contributed by atoms with van der Waals surface area (Å²) in [4.78, 5) is 38.8. The molecule has 4 rings (SSSR count). The normalized spacial score (nSPS) is 11.5. The lowest BCUT2D eigenvalue weighted by Gasteiger charge is -2.23. The van der Waals surface area contributed by atoms with Gasteiger partial charge in [0.25, 0.3) is 0 Å². The van der Waals surface area contributed by atoms with Crippen LogP contribution >= 0.6 is 0 Å². The summed E-state index contributed by atoms with van der Waals surface area (Å²) in [6.45, 7) is 0.216. The van der Waals surface area contributed by atoms with Gasteiger partial charge >= 0.3 is 0 Å². The number of benzene rings is 4. The summed E-state index contributed by atoms with van der Waals surface area (Å²) in [7, 11) is 0. The summed E-state index contributed by atoms with van der Waals surface area (Å²) in [6.07, 6.45) is 0.157. The summed E-state index contributed by atoms with van der Waals surface area (Å²) in [5.41, 5.74) is 8.84. The zero-order valence-corrected chi connectivity index (χ0v) is 20.7. The number of phenols is 1.